The van der Waals surface area contributed by atoms with Gasteiger partial charge in [-0.3, -0.25) is 4.79 Å². The van der Waals surface area contributed by atoms with E-state index in [9.17, 15) is 23.1 Å². The molecule has 38 heavy (non-hydrogen) atoms. The van der Waals surface area contributed by atoms with E-state index in [1.165, 1.54) is 6.07 Å². The van der Waals surface area contributed by atoms with Crippen LogP contribution in [-0.2, 0) is 10.9 Å². The Balaban J connectivity index is 1.50. The highest BCUT2D eigenvalue weighted by atomic mass is 19.4. The van der Waals surface area contributed by atoms with E-state index in [0.717, 1.165) is 17.7 Å². The van der Waals surface area contributed by atoms with E-state index in [-0.39, 0.29) is 30.2 Å². The number of morpholine rings is 1. The molecule has 200 valence electrons. The van der Waals surface area contributed by atoms with Gasteiger partial charge >= 0.3 is 6.18 Å². The molecular weight excluding hydrogens is 501 g/mol. The molecule has 3 heterocycles. The second-order valence-corrected chi connectivity index (χ2v) is 9.15. The van der Waals surface area contributed by atoms with Crippen molar-refractivity contribution in [1.82, 2.24) is 4.98 Å². The van der Waals surface area contributed by atoms with Gasteiger partial charge < -0.3 is 29.7 Å². The number of nitrogens with zero attached hydrogens (tertiary/aromatic N) is 3. The zero-order valence-corrected chi connectivity index (χ0v) is 20.7. The van der Waals surface area contributed by atoms with E-state index in [4.69, 9.17) is 9.47 Å². The fourth-order valence-electron chi connectivity index (χ4n) is 4.61. The monoisotopic (exact) mass is 528 g/mol. The van der Waals surface area contributed by atoms with Gasteiger partial charge in [0.2, 0.25) is 0 Å². The molecule has 1 atom stereocenters. The number of carbonyl (C=O) groups excluding carboxylic acids is 1. The van der Waals surface area contributed by atoms with Crippen molar-refractivity contribution in [3.8, 4) is 5.75 Å². The number of halogens is 3. The molecule has 2 aliphatic rings. The van der Waals surface area contributed by atoms with Crippen molar-refractivity contribution in [3.05, 3.63) is 71.4 Å². The molecule has 2 aromatic carbocycles. The fraction of sp³-hybridized carbons (Fsp3) is 0.333. The van der Waals surface area contributed by atoms with Crippen LogP contribution in [0.1, 0.15) is 21.5 Å². The molecule has 0 saturated carbocycles. The third kappa shape index (κ3) is 5.11. The van der Waals surface area contributed by atoms with E-state index in [1.54, 1.807) is 29.3 Å². The number of aromatic nitrogens is 1. The van der Waals surface area contributed by atoms with Gasteiger partial charge in [0.1, 0.15) is 12.4 Å². The average molecular weight is 529 g/mol. The van der Waals surface area contributed by atoms with Crippen molar-refractivity contribution in [1.29, 1.82) is 0 Å². The van der Waals surface area contributed by atoms with Gasteiger partial charge in [0, 0.05) is 19.3 Å². The Hall–Kier alpha value is -3.83. The third-order valence-electron chi connectivity index (χ3n) is 6.56. The number of hydrogen-bond donors (Lipinski definition) is 2. The predicted octanol–water partition coefficient (Wildman–Crippen LogP) is 4.39. The Morgan fingerprint density at radius 1 is 1.13 bits per heavy atom. The first kappa shape index (κ1) is 25.8. The highest BCUT2D eigenvalue weighted by molar-refractivity contribution is 6.09. The Labute approximate surface area is 217 Å². The fourth-order valence-corrected chi connectivity index (χ4v) is 4.61. The molecule has 2 aliphatic heterocycles. The molecule has 0 aliphatic carbocycles. The molecule has 2 N–H and O–H groups in total. The minimum Gasteiger partial charge on any atom is -0.488 e. The van der Waals surface area contributed by atoms with Crippen LogP contribution in [0.25, 0.3) is 0 Å². The molecule has 1 amide bonds. The summed E-state index contributed by atoms with van der Waals surface area (Å²) in [5.41, 5.74) is 1.47. The minimum absolute atomic E-state index is 0.114. The number of aliphatic hydroxyl groups excluding tert-OH is 1. The minimum atomic E-state index is -4.52. The van der Waals surface area contributed by atoms with Crippen molar-refractivity contribution >= 4 is 28.8 Å². The van der Waals surface area contributed by atoms with E-state index in [2.05, 4.69) is 10.3 Å². The lowest BCUT2D eigenvalue weighted by molar-refractivity contribution is -0.137. The lowest BCUT2D eigenvalue weighted by Crippen LogP contribution is -2.43. The molecule has 1 aromatic heterocycles. The van der Waals surface area contributed by atoms with E-state index in [1.807, 2.05) is 24.0 Å². The molecule has 1 fully saturated rings. The van der Waals surface area contributed by atoms with Crippen molar-refractivity contribution < 1.29 is 32.5 Å². The largest absolute Gasteiger partial charge is 0.488 e. The second-order valence-electron chi connectivity index (χ2n) is 9.15. The van der Waals surface area contributed by atoms with Crippen LogP contribution in [0.2, 0.25) is 0 Å². The summed E-state index contributed by atoms with van der Waals surface area (Å²) >= 11 is 0. The summed E-state index contributed by atoms with van der Waals surface area (Å²) in [5, 5.41) is 12.8. The number of nitrogens with one attached hydrogen (secondary N) is 1. The number of fused-ring (bicyclic) bond motifs is 1. The van der Waals surface area contributed by atoms with Crippen LogP contribution in [0, 0.1) is 6.92 Å². The van der Waals surface area contributed by atoms with Gasteiger partial charge in [-0.15, -0.1) is 0 Å². The van der Waals surface area contributed by atoms with Crippen LogP contribution in [0.15, 0.2) is 54.7 Å². The molecular formula is C27H27F3N4O4. The maximum Gasteiger partial charge on any atom is 0.416 e. The lowest BCUT2D eigenvalue weighted by atomic mass is 10.1. The molecule has 1 saturated heterocycles. The number of alkyl halides is 3. The number of carbonyl (C=O) groups is 1. The van der Waals surface area contributed by atoms with Gasteiger partial charge in [-0.1, -0.05) is 12.1 Å². The zero-order valence-electron chi connectivity index (χ0n) is 20.7. The summed E-state index contributed by atoms with van der Waals surface area (Å²) in [7, 11) is 0. The first-order valence-electron chi connectivity index (χ1n) is 12.2. The zero-order chi connectivity index (χ0) is 26.9. The number of aryl methyl sites for hydroxylation is 1. The molecule has 0 radical (unpaired) electrons. The highest BCUT2D eigenvalue weighted by Crippen LogP contribution is 2.42. The molecule has 5 rings (SSSR count). The molecule has 1 unspecified atom stereocenters. The number of hydrogen-bond acceptors (Lipinski definition) is 7. The van der Waals surface area contributed by atoms with E-state index >= 15 is 0 Å². The predicted molar refractivity (Wildman–Crippen MR) is 136 cm³/mol. The topological polar surface area (TPSA) is 87.2 Å². The van der Waals surface area contributed by atoms with Crippen molar-refractivity contribution in [2.24, 2.45) is 0 Å². The number of anilines is 4. The normalized spacial score (nSPS) is 17.6. The summed E-state index contributed by atoms with van der Waals surface area (Å²) in [6.07, 6.45) is -2.81. The maximum atomic E-state index is 13.5. The van der Waals surface area contributed by atoms with Gasteiger partial charge in [0.05, 0.1) is 54.1 Å². The van der Waals surface area contributed by atoms with Gasteiger partial charge in [0.15, 0.2) is 5.75 Å². The standard InChI is InChI=1S/C27H27F3N4O4/c1-17-5-8-24(31-14-17)34-19(15-35)16-38-25-20(3-2-4-22(25)34)26(36)32-21-7-6-18(27(28,29)30)13-23(21)33-9-11-37-12-10-33/h2-8,13-14,19,35H,9-12,15-16H2,1H3,(H,32,36). The van der Waals surface area contributed by atoms with Crippen molar-refractivity contribution in [2.75, 3.05) is 54.6 Å². The Bertz CT molecular complexity index is 1310. The van der Waals surface area contributed by atoms with Crippen molar-refractivity contribution in [3.63, 3.8) is 0 Å². The van der Waals surface area contributed by atoms with Crippen LogP contribution in [0.3, 0.4) is 0 Å². The summed E-state index contributed by atoms with van der Waals surface area (Å²) in [4.78, 5) is 21.6. The van der Waals surface area contributed by atoms with Gasteiger partial charge in [0.25, 0.3) is 5.91 Å². The number of pyridine rings is 1. The quantitative estimate of drug-likeness (QED) is 0.508. The second kappa shape index (κ2) is 10.5. The van der Waals surface area contributed by atoms with Crippen molar-refractivity contribution in [2.45, 2.75) is 19.1 Å². The third-order valence-corrected chi connectivity index (χ3v) is 6.56. The maximum absolute atomic E-state index is 13.5. The van der Waals surface area contributed by atoms with E-state index < -0.39 is 23.7 Å². The Morgan fingerprint density at radius 2 is 1.92 bits per heavy atom. The van der Waals surface area contributed by atoms with Crippen LogP contribution in [-0.4, -0.2) is 61.6 Å². The van der Waals surface area contributed by atoms with Crippen LogP contribution < -0.4 is 19.9 Å². The Morgan fingerprint density at radius 3 is 2.61 bits per heavy atom. The number of ether oxygens (including phenoxy) is 2. The smallest absolute Gasteiger partial charge is 0.416 e. The van der Waals surface area contributed by atoms with Crippen LogP contribution in [0.5, 0.6) is 5.75 Å². The summed E-state index contributed by atoms with van der Waals surface area (Å²) in [6.45, 7) is 3.38. The van der Waals surface area contributed by atoms with Crippen LogP contribution in [0.4, 0.5) is 36.1 Å². The summed E-state index contributed by atoms with van der Waals surface area (Å²) in [6, 6.07) is 11.6. The molecule has 0 bridgehead atoms. The highest BCUT2D eigenvalue weighted by Gasteiger charge is 2.34. The van der Waals surface area contributed by atoms with Gasteiger partial charge in [-0.2, -0.15) is 13.2 Å². The molecule has 3 aromatic rings. The summed E-state index contributed by atoms with van der Waals surface area (Å²) < 4.78 is 51.7. The summed E-state index contributed by atoms with van der Waals surface area (Å²) in [5.74, 6) is 0.362. The average Bonchev–Trinajstić information content (AvgIpc) is 2.92. The SMILES string of the molecule is Cc1ccc(N2c3cccc(C(=O)Nc4ccc(C(F)(F)F)cc4N4CCOCC4)c3OCC2CO)nc1. The van der Waals surface area contributed by atoms with Gasteiger partial charge in [-0.05, 0) is 48.9 Å². The lowest BCUT2D eigenvalue weighted by Gasteiger charge is -2.37. The number of rotatable bonds is 5. The first-order chi connectivity index (χ1) is 18.3. The van der Waals surface area contributed by atoms with E-state index in [0.29, 0.717) is 43.6 Å². The Kier molecular flexibility index (Phi) is 7.13. The number of aliphatic hydroxyl groups is 1. The van der Waals surface area contributed by atoms with Gasteiger partial charge in [-0.25, -0.2) is 4.98 Å². The first-order valence-corrected chi connectivity index (χ1v) is 12.2. The number of benzene rings is 2. The number of para-hydroxylation sites is 1. The molecule has 8 nitrogen and oxygen atoms in total. The number of amides is 1. The molecule has 11 heteroatoms. The van der Waals surface area contributed by atoms with Crippen LogP contribution >= 0.6 is 0 Å². The molecule has 0 spiro atoms.